The summed E-state index contributed by atoms with van der Waals surface area (Å²) < 4.78 is 7.24. The molecule has 0 aliphatic carbocycles. The molecule has 2 aromatic rings. The highest BCUT2D eigenvalue weighted by atomic mass is 16.5. The van der Waals surface area contributed by atoms with Crippen LogP contribution >= 0.6 is 0 Å². The van der Waals surface area contributed by atoms with Crippen molar-refractivity contribution in [3.63, 3.8) is 0 Å². The highest BCUT2D eigenvalue weighted by Crippen LogP contribution is 2.20. The van der Waals surface area contributed by atoms with Crippen molar-refractivity contribution in [2.24, 2.45) is 0 Å². The van der Waals surface area contributed by atoms with Crippen molar-refractivity contribution in [1.29, 1.82) is 0 Å². The van der Waals surface area contributed by atoms with Crippen LogP contribution in [0.2, 0.25) is 0 Å². The maximum Gasteiger partial charge on any atom is 0.284 e. The molecule has 0 spiro atoms. The molecule has 0 aliphatic heterocycles. The van der Waals surface area contributed by atoms with E-state index in [0.717, 1.165) is 35.5 Å². The molecule has 0 fully saturated rings. The molecule has 26 heavy (non-hydrogen) atoms. The standard InChI is InChI=1S/C22H32N2O2/c1-6-7-8-9-10-11-20-18(4)23-24(19(20)5)22(25)15-26-21-13-12-16(2)14-17(21)3/h12-14H,6-11,15H2,1-5H3. The van der Waals surface area contributed by atoms with Crippen molar-refractivity contribution in [3.05, 3.63) is 46.3 Å². The predicted molar refractivity (Wildman–Crippen MR) is 106 cm³/mol. The summed E-state index contributed by atoms with van der Waals surface area (Å²) in [5.41, 5.74) is 5.34. The number of unbranched alkanes of at least 4 members (excludes halogenated alkanes) is 4. The van der Waals surface area contributed by atoms with Gasteiger partial charge in [0.25, 0.3) is 5.91 Å². The topological polar surface area (TPSA) is 44.1 Å². The van der Waals surface area contributed by atoms with Crippen molar-refractivity contribution in [3.8, 4) is 5.75 Å². The molecule has 142 valence electrons. The Morgan fingerprint density at radius 2 is 1.81 bits per heavy atom. The molecule has 0 bridgehead atoms. The second-order valence-corrected chi connectivity index (χ2v) is 7.18. The van der Waals surface area contributed by atoms with Gasteiger partial charge in [0.05, 0.1) is 5.69 Å². The van der Waals surface area contributed by atoms with Crippen LogP contribution < -0.4 is 4.74 Å². The van der Waals surface area contributed by atoms with Gasteiger partial charge in [0, 0.05) is 5.69 Å². The molecule has 2 rings (SSSR count). The third-order valence-corrected chi connectivity index (χ3v) is 4.89. The van der Waals surface area contributed by atoms with Crippen molar-refractivity contribution in [2.75, 3.05) is 6.61 Å². The Labute approximate surface area is 157 Å². The van der Waals surface area contributed by atoms with Gasteiger partial charge in [-0.1, -0.05) is 50.3 Å². The van der Waals surface area contributed by atoms with Gasteiger partial charge in [-0.25, -0.2) is 4.68 Å². The van der Waals surface area contributed by atoms with E-state index in [1.807, 2.05) is 39.8 Å². The lowest BCUT2D eigenvalue weighted by molar-refractivity contribution is 0.0817. The predicted octanol–water partition coefficient (Wildman–Crippen LogP) is 5.35. The highest BCUT2D eigenvalue weighted by Gasteiger charge is 2.17. The summed E-state index contributed by atoms with van der Waals surface area (Å²) in [5.74, 6) is 0.629. The SMILES string of the molecule is CCCCCCCc1c(C)nn(C(=O)COc2ccc(C)cc2C)c1C. The Bertz CT molecular complexity index is 747. The Balaban J connectivity index is 1.97. The molecule has 0 amide bonds. The number of ether oxygens (including phenoxy) is 1. The van der Waals surface area contributed by atoms with Gasteiger partial charge in [0.1, 0.15) is 5.75 Å². The second-order valence-electron chi connectivity index (χ2n) is 7.18. The fraction of sp³-hybridized carbons (Fsp3) is 0.545. The van der Waals surface area contributed by atoms with Gasteiger partial charge >= 0.3 is 0 Å². The zero-order valence-electron chi connectivity index (χ0n) is 16.9. The number of hydrogen-bond acceptors (Lipinski definition) is 3. The molecule has 4 nitrogen and oxygen atoms in total. The van der Waals surface area contributed by atoms with Crippen LogP contribution in [0.3, 0.4) is 0 Å². The first-order valence-corrected chi connectivity index (χ1v) is 9.72. The van der Waals surface area contributed by atoms with Crippen molar-refractivity contribution in [2.45, 2.75) is 73.1 Å². The smallest absolute Gasteiger partial charge is 0.284 e. The fourth-order valence-corrected chi connectivity index (χ4v) is 3.35. The lowest BCUT2D eigenvalue weighted by Crippen LogP contribution is -2.22. The number of carbonyl (C=O) groups excluding carboxylic acids is 1. The van der Waals surface area contributed by atoms with Crippen LogP contribution in [0.15, 0.2) is 18.2 Å². The van der Waals surface area contributed by atoms with Gasteiger partial charge in [-0.3, -0.25) is 4.79 Å². The van der Waals surface area contributed by atoms with E-state index >= 15 is 0 Å². The summed E-state index contributed by atoms with van der Waals surface area (Å²) in [6, 6.07) is 5.97. The van der Waals surface area contributed by atoms with Crippen LogP contribution in [-0.2, 0) is 6.42 Å². The van der Waals surface area contributed by atoms with Gasteiger partial charge in [0.15, 0.2) is 6.61 Å². The molecule has 1 aromatic carbocycles. The number of carbonyl (C=O) groups is 1. The zero-order valence-corrected chi connectivity index (χ0v) is 16.9. The minimum absolute atomic E-state index is 0.00179. The van der Waals surface area contributed by atoms with E-state index in [0.29, 0.717) is 0 Å². The van der Waals surface area contributed by atoms with Gasteiger partial charge < -0.3 is 4.74 Å². The minimum atomic E-state index is -0.122. The molecule has 1 aromatic heterocycles. The first kappa shape index (κ1) is 20.2. The van der Waals surface area contributed by atoms with Crippen LogP contribution in [0.4, 0.5) is 0 Å². The Kier molecular flexibility index (Phi) is 7.43. The van der Waals surface area contributed by atoms with Crippen molar-refractivity contribution >= 4 is 5.91 Å². The van der Waals surface area contributed by atoms with Crippen molar-refractivity contribution in [1.82, 2.24) is 9.78 Å². The van der Waals surface area contributed by atoms with E-state index in [-0.39, 0.29) is 12.5 Å². The number of rotatable bonds is 9. The Morgan fingerprint density at radius 1 is 1.08 bits per heavy atom. The lowest BCUT2D eigenvalue weighted by Gasteiger charge is -2.10. The van der Waals surface area contributed by atoms with E-state index < -0.39 is 0 Å². The maximum absolute atomic E-state index is 12.6. The van der Waals surface area contributed by atoms with Gasteiger partial charge in [-0.05, 0) is 57.7 Å². The summed E-state index contributed by atoms with van der Waals surface area (Å²) in [5, 5.41) is 4.46. The third-order valence-electron chi connectivity index (χ3n) is 4.89. The molecule has 0 saturated carbocycles. The summed E-state index contributed by atoms with van der Waals surface area (Å²) >= 11 is 0. The monoisotopic (exact) mass is 356 g/mol. The van der Waals surface area contributed by atoms with E-state index in [2.05, 4.69) is 18.1 Å². The molecule has 4 heteroatoms. The first-order valence-electron chi connectivity index (χ1n) is 9.72. The number of nitrogens with zero attached hydrogens (tertiary/aromatic N) is 2. The molecular weight excluding hydrogens is 324 g/mol. The molecule has 0 atom stereocenters. The quantitative estimate of drug-likeness (QED) is 0.569. The minimum Gasteiger partial charge on any atom is -0.483 e. The van der Waals surface area contributed by atoms with E-state index in [1.165, 1.54) is 41.5 Å². The molecule has 1 heterocycles. The molecule has 0 unspecified atom stereocenters. The summed E-state index contributed by atoms with van der Waals surface area (Å²) in [6.45, 7) is 10.2. The number of benzene rings is 1. The average Bonchev–Trinajstić information content (AvgIpc) is 2.88. The van der Waals surface area contributed by atoms with Gasteiger partial charge in [0.2, 0.25) is 0 Å². The second kappa shape index (κ2) is 9.56. The third kappa shape index (κ3) is 5.20. The molecular formula is C22H32N2O2. The Morgan fingerprint density at radius 3 is 2.50 bits per heavy atom. The molecule has 0 radical (unpaired) electrons. The first-order chi connectivity index (χ1) is 12.4. The van der Waals surface area contributed by atoms with Crippen LogP contribution in [0.25, 0.3) is 0 Å². The number of aromatic nitrogens is 2. The lowest BCUT2D eigenvalue weighted by atomic mass is 10.0. The highest BCUT2D eigenvalue weighted by molar-refractivity contribution is 5.80. The number of hydrogen-bond donors (Lipinski definition) is 0. The van der Waals surface area contributed by atoms with Crippen LogP contribution in [0.5, 0.6) is 5.75 Å². The van der Waals surface area contributed by atoms with E-state index in [9.17, 15) is 4.79 Å². The molecule has 0 aliphatic rings. The molecule has 0 N–H and O–H groups in total. The van der Waals surface area contributed by atoms with Crippen molar-refractivity contribution < 1.29 is 9.53 Å². The summed E-state index contributed by atoms with van der Waals surface area (Å²) in [4.78, 5) is 12.6. The van der Waals surface area contributed by atoms with Gasteiger partial charge in [-0.15, -0.1) is 0 Å². The molecule has 0 saturated heterocycles. The maximum atomic E-state index is 12.6. The Hall–Kier alpha value is -2.10. The van der Waals surface area contributed by atoms with Crippen LogP contribution in [-0.4, -0.2) is 22.3 Å². The van der Waals surface area contributed by atoms with E-state index in [1.54, 1.807) is 0 Å². The largest absolute Gasteiger partial charge is 0.483 e. The normalized spacial score (nSPS) is 11.0. The zero-order chi connectivity index (χ0) is 19.1. The average molecular weight is 357 g/mol. The van der Waals surface area contributed by atoms with Crippen LogP contribution in [0.1, 0.15) is 71.9 Å². The van der Waals surface area contributed by atoms with E-state index in [4.69, 9.17) is 4.74 Å². The number of aryl methyl sites for hydroxylation is 3. The summed E-state index contributed by atoms with van der Waals surface area (Å²) in [6.07, 6.45) is 7.22. The van der Waals surface area contributed by atoms with Gasteiger partial charge in [-0.2, -0.15) is 5.10 Å². The van der Waals surface area contributed by atoms with Crippen LogP contribution in [0, 0.1) is 27.7 Å². The summed E-state index contributed by atoms with van der Waals surface area (Å²) in [7, 11) is 0. The fourth-order valence-electron chi connectivity index (χ4n) is 3.35.